The summed E-state index contributed by atoms with van der Waals surface area (Å²) in [4.78, 5) is 13.4. The van der Waals surface area contributed by atoms with Crippen LogP contribution in [0.15, 0.2) is 23.4 Å². The standard InChI is InChI=1S/C7H6F5NO2S/c1-15-7(14)5-2-3-6(13-4-5)16(8,9,10,11)12/h2-4H,1H3. The number of methoxy groups -OCH3 is 1. The summed E-state index contributed by atoms with van der Waals surface area (Å²) in [6.07, 6.45) is 0.388. The number of nitrogens with zero attached hydrogens (tertiary/aromatic N) is 1. The Balaban J connectivity index is 3.21. The molecule has 0 unspecified atom stereocenters. The minimum atomic E-state index is -9.76. The number of hydrogen-bond acceptors (Lipinski definition) is 3. The van der Waals surface area contributed by atoms with Crippen LogP contribution in [0.2, 0.25) is 0 Å². The lowest BCUT2D eigenvalue weighted by Crippen LogP contribution is -2.10. The van der Waals surface area contributed by atoms with Crippen molar-refractivity contribution in [1.29, 1.82) is 0 Å². The Labute approximate surface area is 87.0 Å². The number of carbonyl (C=O) groups excluding carboxylic acids is 1. The highest BCUT2D eigenvalue weighted by molar-refractivity contribution is 8.45. The Bertz CT molecular complexity index is 426. The van der Waals surface area contributed by atoms with Crippen LogP contribution in [0, 0.1) is 0 Å². The molecule has 1 aromatic rings. The molecule has 9 heteroatoms. The Morgan fingerprint density at radius 2 is 1.81 bits per heavy atom. The van der Waals surface area contributed by atoms with E-state index in [-0.39, 0.29) is 11.6 Å². The van der Waals surface area contributed by atoms with Gasteiger partial charge in [0.1, 0.15) is 0 Å². The second kappa shape index (κ2) is 2.84. The minimum absolute atomic E-state index is 0.0494. The molecule has 0 amide bonds. The summed E-state index contributed by atoms with van der Waals surface area (Å²) in [7, 11) is -8.76. The van der Waals surface area contributed by atoms with E-state index in [1.807, 2.05) is 0 Å². The van der Waals surface area contributed by atoms with Gasteiger partial charge in [0.15, 0.2) is 5.03 Å². The molecule has 1 heterocycles. The highest BCUT2D eigenvalue weighted by Crippen LogP contribution is 3.01. The van der Waals surface area contributed by atoms with Gasteiger partial charge in [0, 0.05) is 6.20 Å². The van der Waals surface area contributed by atoms with Crippen LogP contribution >= 0.6 is 10.2 Å². The van der Waals surface area contributed by atoms with Gasteiger partial charge in [-0.15, -0.1) is 0 Å². The van der Waals surface area contributed by atoms with Crippen LogP contribution in [0.25, 0.3) is 0 Å². The third kappa shape index (κ3) is 2.81. The molecule has 0 bridgehead atoms. The smallest absolute Gasteiger partial charge is 0.339 e. The lowest BCUT2D eigenvalue weighted by molar-refractivity contribution is 0.0600. The summed E-state index contributed by atoms with van der Waals surface area (Å²) in [5.74, 6) is -0.957. The first-order valence-corrected chi connectivity index (χ1v) is 5.67. The van der Waals surface area contributed by atoms with E-state index in [0.717, 1.165) is 7.11 Å². The third-order valence-electron chi connectivity index (χ3n) is 1.55. The largest absolute Gasteiger partial charge is 0.465 e. The second-order valence-electron chi connectivity index (χ2n) is 2.85. The maximum Gasteiger partial charge on any atom is 0.339 e. The average molecular weight is 263 g/mol. The number of halogens is 5. The molecular formula is C7H6F5NO2S. The van der Waals surface area contributed by atoms with Gasteiger partial charge < -0.3 is 4.74 Å². The van der Waals surface area contributed by atoms with E-state index in [9.17, 15) is 24.2 Å². The van der Waals surface area contributed by atoms with E-state index in [1.54, 1.807) is 0 Å². The van der Waals surface area contributed by atoms with Gasteiger partial charge in [-0.1, -0.05) is 19.4 Å². The van der Waals surface area contributed by atoms with Crippen LogP contribution in [0.4, 0.5) is 19.4 Å². The molecule has 0 saturated heterocycles. The van der Waals surface area contributed by atoms with Gasteiger partial charge in [-0.05, 0) is 12.1 Å². The molecule has 0 saturated carbocycles. The number of carbonyl (C=O) groups is 1. The monoisotopic (exact) mass is 263 g/mol. The Morgan fingerprint density at radius 1 is 1.25 bits per heavy atom. The van der Waals surface area contributed by atoms with Crippen molar-refractivity contribution in [2.24, 2.45) is 0 Å². The Morgan fingerprint density at radius 3 is 2.12 bits per heavy atom. The van der Waals surface area contributed by atoms with Crippen molar-refractivity contribution in [3.05, 3.63) is 23.9 Å². The van der Waals surface area contributed by atoms with Crippen LogP contribution in [0.5, 0.6) is 0 Å². The van der Waals surface area contributed by atoms with Crippen molar-refractivity contribution in [2.75, 3.05) is 7.11 Å². The zero-order valence-electron chi connectivity index (χ0n) is 7.79. The van der Waals surface area contributed by atoms with Crippen LogP contribution in [0.3, 0.4) is 0 Å². The summed E-state index contributed by atoms with van der Waals surface area (Å²) in [5.41, 5.74) is -0.340. The lowest BCUT2D eigenvalue weighted by Gasteiger charge is -2.39. The number of hydrogen-bond donors (Lipinski definition) is 0. The van der Waals surface area contributed by atoms with Crippen LogP contribution < -0.4 is 0 Å². The van der Waals surface area contributed by atoms with E-state index in [2.05, 4.69) is 9.72 Å². The molecular weight excluding hydrogens is 257 g/mol. The van der Waals surface area contributed by atoms with Crippen molar-refractivity contribution in [1.82, 2.24) is 4.98 Å². The van der Waals surface area contributed by atoms with Crippen molar-refractivity contribution < 1.29 is 29.0 Å². The number of pyridine rings is 1. The molecule has 0 spiro atoms. The predicted octanol–water partition coefficient (Wildman–Crippen LogP) is 3.53. The first-order chi connectivity index (χ1) is 6.94. The zero-order valence-corrected chi connectivity index (χ0v) is 8.61. The third-order valence-corrected chi connectivity index (χ3v) is 2.58. The van der Waals surface area contributed by atoms with Gasteiger partial charge in [0.05, 0.1) is 12.7 Å². The summed E-state index contributed by atoms with van der Waals surface area (Å²) in [6, 6.07) is 0.625. The highest BCUT2D eigenvalue weighted by Gasteiger charge is 2.67. The summed E-state index contributed by atoms with van der Waals surface area (Å²) < 4.78 is 65.1. The molecule has 3 nitrogen and oxygen atoms in total. The first-order valence-electron chi connectivity index (χ1n) is 3.72. The molecule has 92 valence electrons. The molecule has 0 radical (unpaired) electrons. The molecule has 0 aromatic carbocycles. The van der Waals surface area contributed by atoms with E-state index in [0.29, 0.717) is 12.3 Å². The molecule has 1 rings (SSSR count). The number of rotatable bonds is 2. The van der Waals surface area contributed by atoms with Crippen molar-refractivity contribution in [3.8, 4) is 0 Å². The summed E-state index contributed by atoms with van der Waals surface area (Å²) >= 11 is 0. The highest BCUT2D eigenvalue weighted by atomic mass is 32.5. The molecule has 16 heavy (non-hydrogen) atoms. The summed E-state index contributed by atoms with van der Waals surface area (Å²) in [6.45, 7) is 0. The van der Waals surface area contributed by atoms with Gasteiger partial charge in [-0.3, -0.25) is 0 Å². The SMILES string of the molecule is COC(=O)c1ccc(S(F)(F)(F)(F)F)nc1. The van der Waals surface area contributed by atoms with Gasteiger partial charge in [0.2, 0.25) is 0 Å². The van der Waals surface area contributed by atoms with Crippen molar-refractivity contribution >= 4 is 16.2 Å². The fourth-order valence-electron chi connectivity index (χ4n) is 0.847. The summed E-state index contributed by atoms with van der Waals surface area (Å²) in [5, 5.41) is -2.28. The van der Waals surface area contributed by atoms with E-state index >= 15 is 0 Å². The van der Waals surface area contributed by atoms with E-state index in [1.165, 1.54) is 0 Å². The normalized spacial score (nSPS) is 16.1. The fourth-order valence-corrected chi connectivity index (χ4v) is 1.42. The maximum atomic E-state index is 12.2. The van der Waals surface area contributed by atoms with E-state index in [4.69, 9.17) is 0 Å². The molecule has 0 aliphatic carbocycles. The van der Waals surface area contributed by atoms with Crippen LogP contribution in [0.1, 0.15) is 10.4 Å². The minimum Gasteiger partial charge on any atom is -0.465 e. The van der Waals surface area contributed by atoms with Gasteiger partial charge in [0.25, 0.3) is 0 Å². The fraction of sp³-hybridized carbons (Fsp3) is 0.143. The van der Waals surface area contributed by atoms with Gasteiger partial charge in [-0.2, -0.15) is 0 Å². The Kier molecular flexibility index (Phi) is 2.25. The topological polar surface area (TPSA) is 39.2 Å². The van der Waals surface area contributed by atoms with Crippen LogP contribution in [-0.2, 0) is 4.74 Å². The van der Waals surface area contributed by atoms with Gasteiger partial charge in [-0.25, -0.2) is 9.78 Å². The zero-order chi connectivity index (χ0) is 12.7. The molecule has 0 atom stereocenters. The molecule has 0 fully saturated rings. The number of aromatic nitrogens is 1. The predicted molar refractivity (Wildman–Crippen MR) is 47.0 cm³/mol. The lowest BCUT2D eigenvalue weighted by atomic mass is 10.3. The quantitative estimate of drug-likeness (QED) is 0.605. The molecule has 1 aromatic heterocycles. The second-order valence-corrected chi connectivity index (χ2v) is 5.20. The number of ether oxygens (including phenoxy) is 1. The maximum absolute atomic E-state index is 12.2. The molecule has 0 N–H and O–H groups in total. The van der Waals surface area contributed by atoms with Gasteiger partial charge >= 0.3 is 16.2 Å². The molecule has 0 aliphatic heterocycles. The van der Waals surface area contributed by atoms with Crippen LogP contribution in [-0.4, -0.2) is 18.1 Å². The van der Waals surface area contributed by atoms with Crippen molar-refractivity contribution in [2.45, 2.75) is 5.03 Å². The molecule has 0 aliphatic rings. The van der Waals surface area contributed by atoms with E-state index < -0.39 is 21.2 Å². The number of esters is 1. The first kappa shape index (κ1) is 12.7. The average Bonchev–Trinajstić information content (AvgIpc) is 2.13. The Hall–Kier alpha value is -1.38. The van der Waals surface area contributed by atoms with Crippen molar-refractivity contribution in [3.63, 3.8) is 0 Å².